The van der Waals surface area contributed by atoms with Gasteiger partial charge in [-0.15, -0.1) is 0 Å². The molecule has 0 aliphatic carbocycles. The molecule has 2 N–H and O–H groups in total. The van der Waals surface area contributed by atoms with Gasteiger partial charge in [-0.3, -0.25) is 4.79 Å². The van der Waals surface area contributed by atoms with Crippen LogP contribution in [0.3, 0.4) is 0 Å². The minimum absolute atomic E-state index is 0.0550. The molecule has 0 aliphatic heterocycles. The summed E-state index contributed by atoms with van der Waals surface area (Å²) in [5, 5.41) is 0. The van der Waals surface area contributed by atoms with Gasteiger partial charge in [0.2, 0.25) is 0 Å². The monoisotopic (exact) mass is 258 g/mol. The number of anilines is 1. The normalized spacial score (nSPS) is 10.5. The van der Waals surface area contributed by atoms with E-state index in [0.717, 1.165) is 16.9 Å². The molecule has 0 saturated carbocycles. The average molecular weight is 258 g/mol. The van der Waals surface area contributed by atoms with Crippen LogP contribution in [0.5, 0.6) is 0 Å². The van der Waals surface area contributed by atoms with Crippen LogP contribution in [-0.4, -0.2) is 17.9 Å². The number of furan rings is 1. The number of carbonyl (C=O) groups is 1. The van der Waals surface area contributed by atoms with Crippen LogP contribution in [0.1, 0.15) is 27.2 Å². The number of amides is 1. The summed E-state index contributed by atoms with van der Waals surface area (Å²) in [6.45, 7) is 4.29. The van der Waals surface area contributed by atoms with E-state index in [1.165, 1.54) is 0 Å². The third-order valence-electron chi connectivity index (χ3n) is 3.16. The SMILES string of the molecule is Cc1cc(C)c(C(=O)N(C)Cc2ccco2)cc1N. The first kappa shape index (κ1) is 13.2. The highest BCUT2D eigenvalue weighted by Gasteiger charge is 2.16. The Labute approximate surface area is 112 Å². The van der Waals surface area contributed by atoms with Crippen LogP contribution >= 0.6 is 0 Å². The fourth-order valence-corrected chi connectivity index (χ4v) is 2.01. The van der Waals surface area contributed by atoms with Crippen LogP contribution in [0.4, 0.5) is 5.69 Å². The molecule has 1 aromatic carbocycles. The van der Waals surface area contributed by atoms with E-state index >= 15 is 0 Å². The van der Waals surface area contributed by atoms with Gasteiger partial charge in [0.05, 0.1) is 12.8 Å². The smallest absolute Gasteiger partial charge is 0.254 e. The summed E-state index contributed by atoms with van der Waals surface area (Å²) in [6, 6.07) is 7.33. The Morgan fingerprint density at radius 1 is 1.32 bits per heavy atom. The summed E-state index contributed by atoms with van der Waals surface area (Å²) in [6.07, 6.45) is 1.60. The van der Waals surface area contributed by atoms with E-state index in [2.05, 4.69) is 0 Å². The maximum atomic E-state index is 12.4. The Bertz CT molecular complexity index is 588. The van der Waals surface area contributed by atoms with Gasteiger partial charge in [-0.2, -0.15) is 0 Å². The van der Waals surface area contributed by atoms with Gasteiger partial charge in [0.1, 0.15) is 5.76 Å². The van der Waals surface area contributed by atoms with E-state index in [-0.39, 0.29) is 5.91 Å². The van der Waals surface area contributed by atoms with E-state index < -0.39 is 0 Å². The first-order valence-electron chi connectivity index (χ1n) is 6.13. The highest BCUT2D eigenvalue weighted by atomic mass is 16.3. The predicted molar refractivity (Wildman–Crippen MR) is 74.8 cm³/mol. The lowest BCUT2D eigenvalue weighted by Gasteiger charge is -2.18. The molecule has 100 valence electrons. The molecule has 2 aromatic rings. The van der Waals surface area contributed by atoms with Crippen molar-refractivity contribution in [2.24, 2.45) is 0 Å². The molecule has 0 atom stereocenters. The number of nitrogens with two attached hydrogens (primary N) is 1. The highest BCUT2D eigenvalue weighted by Crippen LogP contribution is 2.19. The second kappa shape index (κ2) is 5.18. The molecule has 2 rings (SSSR count). The maximum absolute atomic E-state index is 12.4. The molecule has 1 aromatic heterocycles. The van der Waals surface area contributed by atoms with E-state index in [1.54, 1.807) is 24.3 Å². The molecule has 0 fully saturated rings. The Morgan fingerprint density at radius 2 is 2.05 bits per heavy atom. The van der Waals surface area contributed by atoms with Crippen molar-refractivity contribution in [1.82, 2.24) is 4.90 Å². The average Bonchev–Trinajstić information content (AvgIpc) is 2.85. The summed E-state index contributed by atoms with van der Waals surface area (Å²) in [7, 11) is 1.75. The summed E-state index contributed by atoms with van der Waals surface area (Å²) in [5.74, 6) is 0.703. The van der Waals surface area contributed by atoms with Crippen molar-refractivity contribution < 1.29 is 9.21 Å². The van der Waals surface area contributed by atoms with Gasteiger partial charge in [-0.25, -0.2) is 0 Å². The van der Waals surface area contributed by atoms with Gasteiger partial charge in [0.15, 0.2) is 0 Å². The van der Waals surface area contributed by atoms with Crippen molar-refractivity contribution in [2.45, 2.75) is 20.4 Å². The van der Waals surface area contributed by atoms with Crippen molar-refractivity contribution in [2.75, 3.05) is 12.8 Å². The van der Waals surface area contributed by atoms with Crippen LogP contribution in [0, 0.1) is 13.8 Å². The lowest BCUT2D eigenvalue weighted by atomic mass is 10.0. The first-order valence-corrected chi connectivity index (χ1v) is 6.13. The largest absolute Gasteiger partial charge is 0.467 e. The van der Waals surface area contributed by atoms with Crippen LogP contribution in [-0.2, 0) is 6.54 Å². The van der Waals surface area contributed by atoms with Crippen LogP contribution in [0.25, 0.3) is 0 Å². The minimum atomic E-state index is -0.0550. The van der Waals surface area contributed by atoms with Crippen molar-refractivity contribution in [1.29, 1.82) is 0 Å². The topological polar surface area (TPSA) is 59.5 Å². The summed E-state index contributed by atoms with van der Waals surface area (Å²) in [5.41, 5.74) is 9.07. The predicted octanol–water partition coefficient (Wildman–Crippen LogP) is 2.75. The lowest BCUT2D eigenvalue weighted by molar-refractivity contribution is 0.0775. The molecule has 19 heavy (non-hydrogen) atoms. The number of rotatable bonds is 3. The highest BCUT2D eigenvalue weighted by molar-refractivity contribution is 5.96. The summed E-state index contributed by atoms with van der Waals surface area (Å²) < 4.78 is 5.24. The zero-order chi connectivity index (χ0) is 14.0. The zero-order valence-electron chi connectivity index (χ0n) is 11.4. The van der Waals surface area contributed by atoms with Gasteiger partial charge in [0.25, 0.3) is 5.91 Å². The number of aryl methyl sites for hydroxylation is 2. The number of nitrogens with zero attached hydrogens (tertiary/aromatic N) is 1. The first-order chi connectivity index (χ1) is 8.99. The number of benzene rings is 1. The van der Waals surface area contributed by atoms with E-state index in [4.69, 9.17) is 10.2 Å². The third-order valence-corrected chi connectivity index (χ3v) is 3.16. The standard InChI is InChI=1S/C15H18N2O2/c1-10-7-11(2)14(16)8-13(10)15(18)17(3)9-12-5-4-6-19-12/h4-8H,9,16H2,1-3H3. The van der Waals surface area contributed by atoms with Gasteiger partial charge >= 0.3 is 0 Å². The Hall–Kier alpha value is -2.23. The van der Waals surface area contributed by atoms with Gasteiger partial charge < -0.3 is 15.1 Å². The Morgan fingerprint density at radius 3 is 2.68 bits per heavy atom. The molecule has 1 amide bonds. The molecule has 4 nitrogen and oxygen atoms in total. The molecule has 0 saturated heterocycles. The van der Waals surface area contributed by atoms with Gasteiger partial charge in [-0.1, -0.05) is 6.07 Å². The van der Waals surface area contributed by atoms with Crippen molar-refractivity contribution in [3.05, 3.63) is 53.0 Å². The molecule has 4 heteroatoms. The second-order valence-corrected chi connectivity index (χ2v) is 4.76. The quantitative estimate of drug-likeness (QED) is 0.861. The molecule has 0 aliphatic rings. The van der Waals surface area contributed by atoms with Crippen molar-refractivity contribution >= 4 is 11.6 Å². The third kappa shape index (κ3) is 2.78. The number of hydrogen-bond donors (Lipinski definition) is 1. The zero-order valence-corrected chi connectivity index (χ0v) is 11.4. The fourth-order valence-electron chi connectivity index (χ4n) is 2.01. The van der Waals surface area contributed by atoms with Crippen LogP contribution in [0.15, 0.2) is 34.9 Å². The minimum Gasteiger partial charge on any atom is -0.467 e. The Kier molecular flexibility index (Phi) is 3.60. The number of hydrogen-bond acceptors (Lipinski definition) is 3. The summed E-state index contributed by atoms with van der Waals surface area (Å²) in [4.78, 5) is 14.0. The molecule has 1 heterocycles. The van der Waals surface area contributed by atoms with E-state index in [0.29, 0.717) is 17.8 Å². The number of nitrogen functional groups attached to an aromatic ring is 1. The fraction of sp³-hybridized carbons (Fsp3) is 0.267. The molecule has 0 bridgehead atoms. The second-order valence-electron chi connectivity index (χ2n) is 4.76. The Balaban J connectivity index is 2.21. The summed E-state index contributed by atoms with van der Waals surface area (Å²) >= 11 is 0. The lowest BCUT2D eigenvalue weighted by Crippen LogP contribution is -2.26. The number of carbonyl (C=O) groups excluding carboxylic acids is 1. The molecular formula is C15H18N2O2. The van der Waals surface area contributed by atoms with Crippen LogP contribution in [0.2, 0.25) is 0 Å². The van der Waals surface area contributed by atoms with Gasteiger partial charge in [-0.05, 0) is 43.2 Å². The molecule has 0 spiro atoms. The molecule has 0 unspecified atom stereocenters. The van der Waals surface area contributed by atoms with Crippen molar-refractivity contribution in [3.8, 4) is 0 Å². The van der Waals surface area contributed by atoms with Crippen molar-refractivity contribution in [3.63, 3.8) is 0 Å². The maximum Gasteiger partial charge on any atom is 0.254 e. The van der Waals surface area contributed by atoms with E-state index in [9.17, 15) is 4.79 Å². The molecule has 0 radical (unpaired) electrons. The molecular weight excluding hydrogens is 240 g/mol. The van der Waals surface area contributed by atoms with Crippen LogP contribution < -0.4 is 5.73 Å². The van der Waals surface area contributed by atoms with E-state index in [1.807, 2.05) is 32.0 Å². The van der Waals surface area contributed by atoms with Gasteiger partial charge in [0, 0.05) is 18.3 Å².